The Morgan fingerprint density at radius 2 is 2.42 bits per heavy atom. The molecule has 0 atom stereocenters. The van der Waals surface area contributed by atoms with E-state index in [1.54, 1.807) is 14.0 Å². The van der Waals surface area contributed by atoms with Crippen molar-refractivity contribution in [2.45, 2.75) is 19.9 Å². The summed E-state index contributed by atoms with van der Waals surface area (Å²) in [6.07, 6.45) is 2.18. The van der Waals surface area contributed by atoms with E-state index < -0.39 is 0 Å². The summed E-state index contributed by atoms with van der Waals surface area (Å²) in [5.74, 6) is 5.64. The van der Waals surface area contributed by atoms with E-state index in [-0.39, 0.29) is 5.69 Å². The monoisotopic (exact) mass is 165 g/mol. The average Bonchev–Trinajstić information content (AvgIpc) is 2.36. The first kappa shape index (κ1) is 8.60. The number of aryl methyl sites for hydroxylation is 2. The molecule has 0 bridgehead atoms. The van der Waals surface area contributed by atoms with Crippen LogP contribution < -0.4 is 5.69 Å². The molecule has 0 radical (unpaired) electrons. The molecule has 0 amide bonds. The van der Waals surface area contributed by atoms with Crippen molar-refractivity contribution < 1.29 is 0 Å². The minimum atomic E-state index is -0.0899. The highest BCUT2D eigenvalue weighted by molar-refractivity contribution is 4.94. The zero-order valence-electron chi connectivity index (χ0n) is 7.24. The van der Waals surface area contributed by atoms with Crippen molar-refractivity contribution >= 4 is 0 Å². The number of rotatable bonds is 2. The second-order valence-electron chi connectivity index (χ2n) is 2.42. The number of nitrogens with zero attached hydrogens (tertiary/aromatic N) is 3. The standard InChI is InChI=1S/C8H11N3O/c1-3-4-5-6-11-8(12)10(2)7-9-11/h7H,5-6H2,1-2H3. The van der Waals surface area contributed by atoms with Crippen molar-refractivity contribution in [3.05, 3.63) is 16.8 Å². The van der Waals surface area contributed by atoms with Gasteiger partial charge >= 0.3 is 5.69 Å². The van der Waals surface area contributed by atoms with Crippen molar-refractivity contribution in [2.75, 3.05) is 0 Å². The highest BCUT2D eigenvalue weighted by Crippen LogP contribution is 1.81. The van der Waals surface area contributed by atoms with Gasteiger partial charge in [-0.05, 0) is 6.92 Å². The second-order valence-corrected chi connectivity index (χ2v) is 2.42. The lowest BCUT2D eigenvalue weighted by molar-refractivity contribution is 0.597. The van der Waals surface area contributed by atoms with E-state index in [9.17, 15) is 4.79 Å². The summed E-state index contributed by atoms with van der Waals surface area (Å²) >= 11 is 0. The maximum atomic E-state index is 11.2. The van der Waals surface area contributed by atoms with Gasteiger partial charge in [-0.25, -0.2) is 9.48 Å². The van der Waals surface area contributed by atoms with E-state index in [4.69, 9.17) is 0 Å². The highest BCUT2D eigenvalue weighted by atomic mass is 16.2. The summed E-state index contributed by atoms with van der Waals surface area (Å²) in [6, 6.07) is 0. The molecule has 0 spiro atoms. The second kappa shape index (κ2) is 3.77. The summed E-state index contributed by atoms with van der Waals surface area (Å²) in [5, 5.41) is 3.89. The fourth-order valence-electron chi connectivity index (χ4n) is 0.861. The number of aromatic nitrogens is 3. The summed E-state index contributed by atoms with van der Waals surface area (Å²) < 4.78 is 2.85. The van der Waals surface area contributed by atoms with Gasteiger partial charge in [0.2, 0.25) is 0 Å². The van der Waals surface area contributed by atoms with Gasteiger partial charge in [-0.3, -0.25) is 4.57 Å². The number of hydrogen-bond acceptors (Lipinski definition) is 2. The molecule has 0 unspecified atom stereocenters. The topological polar surface area (TPSA) is 39.8 Å². The third kappa shape index (κ3) is 1.76. The third-order valence-corrected chi connectivity index (χ3v) is 1.51. The Morgan fingerprint density at radius 1 is 1.67 bits per heavy atom. The smallest absolute Gasteiger partial charge is 0.285 e. The maximum Gasteiger partial charge on any atom is 0.345 e. The predicted octanol–water partition coefficient (Wildman–Crippen LogP) is -0.00480. The highest BCUT2D eigenvalue weighted by Gasteiger charge is 1.98. The SMILES string of the molecule is CC#CCCn1ncn(C)c1=O. The quantitative estimate of drug-likeness (QED) is 0.578. The molecule has 12 heavy (non-hydrogen) atoms. The van der Waals surface area contributed by atoms with Crippen LogP contribution in [0.3, 0.4) is 0 Å². The Hall–Kier alpha value is -1.50. The van der Waals surface area contributed by atoms with Crippen LogP contribution in [0.4, 0.5) is 0 Å². The van der Waals surface area contributed by atoms with Crippen LogP contribution in [0.5, 0.6) is 0 Å². The van der Waals surface area contributed by atoms with Crippen LogP contribution in [0.15, 0.2) is 11.1 Å². The minimum Gasteiger partial charge on any atom is -0.285 e. The molecule has 0 fully saturated rings. The van der Waals surface area contributed by atoms with Crippen LogP contribution >= 0.6 is 0 Å². The van der Waals surface area contributed by atoms with Crippen LogP contribution in [0.25, 0.3) is 0 Å². The lowest BCUT2D eigenvalue weighted by Gasteiger charge is -1.91. The van der Waals surface area contributed by atoms with E-state index in [1.165, 1.54) is 15.6 Å². The molecular formula is C8H11N3O. The first-order chi connectivity index (χ1) is 5.75. The molecule has 0 aromatic carbocycles. The van der Waals surface area contributed by atoms with Crippen LogP contribution in [0, 0.1) is 11.8 Å². The fourth-order valence-corrected chi connectivity index (χ4v) is 0.861. The third-order valence-electron chi connectivity index (χ3n) is 1.51. The zero-order chi connectivity index (χ0) is 8.97. The molecule has 0 saturated carbocycles. The van der Waals surface area contributed by atoms with Crippen LogP contribution in [0.2, 0.25) is 0 Å². The Kier molecular flexibility index (Phi) is 2.70. The maximum absolute atomic E-state index is 11.2. The Labute approximate surface area is 70.8 Å². The lowest BCUT2D eigenvalue weighted by Crippen LogP contribution is -2.22. The van der Waals surface area contributed by atoms with Crippen molar-refractivity contribution in [1.29, 1.82) is 0 Å². The largest absolute Gasteiger partial charge is 0.345 e. The first-order valence-corrected chi connectivity index (χ1v) is 3.73. The van der Waals surface area contributed by atoms with Gasteiger partial charge in [0.25, 0.3) is 0 Å². The van der Waals surface area contributed by atoms with Crippen molar-refractivity contribution in [1.82, 2.24) is 14.3 Å². The minimum absolute atomic E-state index is 0.0899. The van der Waals surface area contributed by atoms with Gasteiger partial charge in [0, 0.05) is 13.5 Å². The molecule has 4 nitrogen and oxygen atoms in total. The van der Waals surface area contributed by atoms with Crippen LogP contribution in [0.1, 0.15) is 13.3 Å². The molecule has 1 aromatic rings. The van der Waals surface area contributed by atoms with Gasteiger partial charge in [0.15, 0.2) is 0 Å². The lowest BCUT2D eigenvalue weighted by atomic mass is 10.4. The molecular weight excluding hydrogens is 154 g/mol. The van der Waals surface area contributed by atoms with Gasteiger partial charge in [-0.2, -0.15) is 5.10 Å². The summed E-state index contributed by atoms with van der Waals surface area (Å²) in [4.78, 5) is 11.2. The molecule has 0 aliphatic carbocycles. The summed E-state index contributed by atoms with van der Waals surface area (Å²) in [6.45, 7) is 2.35. The van der Waals surface area contributed by atoms with Gasteiger partial charge in [0.1, 0.15) is 6.33 Å². The summed E-state index contributed by atoms with van der Waals surface area (Å²) in [5.41, 5.74) is -0.0899. The van der Waals surface area contributed by atoms with Gasteiger partial charge in [-0.1, -0.05) is 0 Å². The normalized spacial score (nSPS) is 9.17. The van der Waals surface area contributed by atoms with E-state index in [1.807, 2.05) is 0 Å². The zero-order valence-corrected chi connectivity index (χ0v) is 7.24. The molecule has 0 N–H and O–H groups in total. The molecule has 0 aliphatic heterocycles. The molecule has 0 aliphatic rings. The summed E-state index contributed by atoms with van der Waals surface area (Å²) in [7, 11) is 1.68. The molecule has 1 rings (SSSR count). The van der Waals surface area contributed by atoms with E-state index >= 15 is 0 Å². The molecule has 1 heterocycles. The van der Waals surface area contributed by atoms with Crippen molar-refractivity contribution in [3.8, 4) is 11.8 Å². The van der Waals surface area contributed by atoms with E-state index in [0.717, 1.165) is 0 Å². The molecule has 0 saturated heterocycles. The Balaban J connectivity index is 2.68. The number of hydrogen-bond donors (Lipinski definition) is 0. The average molecular weight is 165 g/mol. The molecule has 64 valence electrons. The predicted molar refractivity (Wildman–Crippen MR) is 45.5 cm³/mol. The van der Waals surface area contributed by atoms with Crippen LogP contribution in [-0.4, -0.2) is 14.3 Å². The van der Waals surface area contributed by atoms with Crippen LogP contribution in [-0.2, 0) is 13.6 Å². The molecule has 4 heteroatoms. The molecule has 1 aromatic heterocycles. The fraction of sp³-hybridized carbons (Fsp3) is 0.500. The Bertz CT molecular complexity index is 364. The van der Waals surface area contributed by atoms with E-state index in [2.05, 4.69) is 16.9 Å². The first-order valence-electron chi connectivity index (χ1n) is 3.73. The van der Waals surface area contributed by atoms with Gasteiger partial charge in [0.05, 0.1) is 6.54 Å². The van der Waals surface area contributed by atoms with Crippen molar-refractivity contribution in [2.24, 2.45) is 7.05 Å². The Morgan fingerprint density at radius 3 is 2.92 bits per heavy atom. The van der Waals surface area contributed by atoms with Gasteiger partial charge in [-0.15, -0.1) is 11.8 Å². The van der Waals surface area contributed by atoms with Crippen molar-refractivity contribution in [3.63, 3.8) is 0 Å². The van der Waals surface area contributed by atoms with E-state index in [0.29, 0.717) is 13.0 Å². The van der Waals surface area contributed by atoms with Gasteiger partial charge < -0.3 is 0 Å².